The monoisotopic (exact) mass is 317 g/mol. The third kappa shape index (κ3) is 4.83. The van der Waals surface area contributed by atoms with Crippen LogP contribution in [0.1, 0.15) is 53.9 Å². The molecule has 1 amide bonds. The summed E-state index contributed by atoms with van der Waals surface area (Å²) in [4.78, 5) is 12.1. The summed E-state index contributed by atoms with van der Waals surface area (Å²) in [6.07, 6.45) is -1.79. The zero-order chi connectivity index (χ0) is 17.1. The second-order valence-corrected chi connectivity index (χ2v) is 7.20. The molecule has 1 rings (SSSR count). The molecule has 22 heavy (non-hydrogen) atoms. The molecular formula is C16H31NO5. The third-order valence-electron chi connectivity index (χ3n) is 4.40. The van der Waals surface area contributed by atoms with E-state index in [0.29, 0.717) is 0 Å². The molecule has 6 heteroatoms. The minimum absolute atomic E-state index is 0.143. The molecule has 5 atom stereocenters. The van der Waals surface area contributed by atoms with E-state index in [2.05, 4.69) is 5.32 Å². The number of hydrogen-bond acceptors (Lipinski definition) is 5. The lowest BCUT2D eigenvalue weighted by Crippen LogP contribution is -2.50. The van der Waals surface area contributed by atoms with Gasteiger partial charge >= 0.3 is 6.09 Å². The molecule has 0 spiro atoms. The average molecular weight is 317 g/mol. The van der Waals surface area contributed by atoms with Gasteiger partial charge in [-0.1, -0.05) is 26.7 Å². The first kappa shape index (κ1) is 19.2. The van der Waals surface area contributed by atoms with Crippen LogP contribution in [0.2, 0.25) is 0 Å². The van der Waals surface area contributed by atoms with Gasteiger partial charge in [-0.05, 0) is 33.1 Å². The summed E-state index contributed by atoms with van der Waals surface area (Å²) in [5.41, 5.74) is -0.601. The normalized spacial score (nSPS) is 30.4. The van der Waals surface area contributed by atoms with Crippen LogP contribution in [-0.2, 0) is 4.74 Å². The number of carbonyl (C=O) groups excluding carboxylic acids is 1. The first-order chi connectivity index (χ1) is 10.1. The zero-order valence-corrected chi connectivity index (χ0v) is 14.2. The van der Waals surface area contributed by atoms with Crippen molar-refractivity contribution < 1.29 is 24.9 Å². The van der Waals surface area contributed by atoms with E-state index in [1.807, 2.05) is 13.8 Å². The molecule has 0 radical (unpaired) electrons. The van der Waals surface area contributed by atoms with Gasteiger partial charge in [-0.25, -0.2) is 4.79 Å². The van der Waals surface area contributed by atoms with Crippen LogP contribution in [0.3, 0.4) is 0 Å². The van der Waals surface area contributed by atoms with Gasteiger partial charge in [0.2, 0.25) is 0 Å². The van der Waals surface area contributed by atoms with Crippen molar-refractivity contribution in [2.45, 2.75) is 83.8 Å². The maximum atomic E-state index is 12.1. The number of carbonyl (C=O) groups is 1. The van der Waals surface area contributed by atoms with Crippen LogP contribution >= 0.6 is 0 Å². The number of hydrogen-bond donors (Lipinski definition) is 4. The molecule has 4 N–H and O–H groups in total. The molecule has 0 aromatic carbocycles. The van der Waals surface area contributed by atoms with Gasteiger partial charge in [0.15, 0.2) is 0 Å². The fraction of sp³-hybridized carbons (Fsp3) is 0.938. The van der Waals surface area contributed by atoms with Crippen molar-refractivity contribution >= 4 is 6.09 Å². The Morgan fingerprint density at radius 2 is 1.73 bits per heavy atom. The van der Waals surface area contributed by atoms with E-state index >= 15 is 0 Å². The van der Waals surface area contributed by atoms with Gasteiger partial charge in [0, 0.05) is 12.0 Å². The van der Waals surface area contributed by atoms with Crippen LogP contribution in [0.4, 0.5) is 4.79 Å². The van der Waals surface area contributed by atoms with Crippen LogP contribution in [0.25, 0.3) is 0 Å². The molecular weight excluding hydrogens is 286 g/mol. The minimum Gasteiger partial charge on any atom is -0.444 e. The summed E-state index contributed by atoms with van der Waals surface area (Å²) in [6.45, 7) is 9.40. The van der Waals surface area contributed by atoms with Crippen molar-refractivity contribution in [1.82, 2.24) is 5.32 Å². The highest BCUT2D eigenvalue weighted by Crippen LogP contribution is 2.34. The first-order valence-electron chi connectivity index (χ1n) is 8.14. The second-order valence-electron chi connectivity index (χ2n) is 7.20. The minimum atomic E-state index is -1.16. The third-order valence-corrected chi connectivity index (χ3v) is 4.40. The van der Waals surface area contributed by atoms with Crippen LogP contribution in [0, 0.1) is 11.8 Å². The predicted octanol–water partition coefficient (Wildman–Crippen LogP) is 1.42. The predicted molar refractivity (Wildman–Crippen MR) is 83.4 cm³/mol. The molecule has 0 unspecified atom stereocenters. The molecule has 0 aromatic heterocycles. The molecule has 0 aromatic rings. The fourth-order valence-electron chi connectivity index (χ4n) is 3.21. The highest BCUT2D eigenvalue weighted by Gasteiger charge is 2.46. The summed E-state index contributed by atoms with van der Waals surface area (Å²) in [5.74, 6) is -0.243. The van der Waals surface area contributed by atoms with E-state index in [-0.39, 0.29) is 24.3 Å². The lowest BCUT2D eigenvalue weighted by atomic mass is 9.82. The van der Waals surface area contributed by atoms with Crippen molar-refractivity contribution in [3.8, 4) is 0 Å². The number of aliphatic hydroxyl groups excluding tert-OH is 3. The van der Waals surface area contributed by atoms with Gasteiger partial charge in [-0.15, -0.1) is 0 Å². The van der Waals surface area contributed by atoms with E-state index in [0.717, 1.165) is 12.8 Å². The Bertz CT molecular complexity index is 364. The molecule has 0 bridgehead atoms. The molecule has 0 saturated heterocycles. The van der Waals surface area contributed by atoms with Crippen LogP contribution in [0.5, 0.6) is 0 Å². The molecule has 1 saturated carbocycles. The van der Waals surface area contributed by atoms with Gasteiger partial charge in [-0.3, -0.25) is 0 Å². The van der Waals surface area contributed by atoms with Gasteiger partial charge in [0.1, 0.15) is 11.7 Å². The van der Waals surface area contributed by atoms with Crippen molar-refractivity contribution in [3.63, 3.8) is 0 Å². The maximum Gasteiger partial charge on any atom is 0.407 e. The van der Waals surface area contributed by atoms with Gasteiger partial charge in [0.05, 0.1) is 12.2 Å². The summed E-state index contributed by atoms with van der Waals surface area (Å²) in [6, 6.07) is -0.341. The number of amides is 1. The zero-order valence-electron chi connectivity index (χ0n) is 14.2. The molecule has 0 heterocycles. The Morgan fingerprint density at radius 3 is 2.09 bits per heavy atom. The Balaban J connectivity index is 2.88. The number of nitrogens with one attached hydrogen (secondary N) is 1. The van der Waals surface area contributed by atoms with E-state index in [4.69, 9.17) is 4.74 Å². The Hall–Kier alpha value is -0.850. The Morgan fingerprint density at radius 1 is 1.18 bits per heavy atom. The van der Waals surface area contributed by atoms with Crippen molar-refractivity contribution in [2.24, 2.45) is 11.8 Å². The maximum absolute atomic E-state index is 12.1. The second kappa shape index (κ2) is 7.62. The van der Waals surface area contributed by atoms with Gasteiger partial charge in [0.25, 0.3) is 0 Å². The Kier molecular flexibility index (Phi) is 6.65. The summed E-state index contributed by atoms with van der Waals surface area (Å²) in [5, 5.41) is 32.6. The van der Waals surface area contributed by atoms with Crippen LogP contribution < -0.4 is 5.32 Å². The molecule has 1 aliphatic carbocycles. The smallest absolute Gasteiger partial charge is 0.407 e. The van der Waals surface area contributed by atoms with Gasteiger partial charge in [-0.2, -0.15) is 0 Å². The van der Waals surface area contributed by atoms with Crippen molar-refractivity contribution in [2.75, 3.05) is 0 Å². The molecule has 130 valence electrons. The number of rotatable bonds is 5. The number of ether oxygens (including phenoxy) is 1. The average Bonchev–Trinajstić information content (AvgIpc) is 2.64. The molecule has 0 aliphatic heterocycles. The van der Waals surface area contributed by atoms with E-state index < -0.39 is 30.0 Å². The van der Waals surface area contributed by atoms with Crippen LogP contribution in [0.15, 0.2) is 0 Å². The largest absolute Gasteiger partial charge is 0.444 e. The Labute approximate surface area is 132 Å². The number of alkyl carbamates (subject to hydrolysis) is 1. The first-order valence-corrected chi connectivity index (χ1v) is 8.14. The molecule has 1 aliphatic rings. The van der Waals surface area contributed by atoms with Crippen LogP contribution in [-0.4, -0.2) is 51.4 Å². The number of aliphatic hydroxyl groups is 3. The topological polar surface area (TPSA) is 99.0 Å². The fourth-order valence-corrected chi connectivity index (χ4v) is 3.21. The summed E-state index contributed by atoms with van der Waals surface area (Å²) < 4.78 is 5.30. The highest BCUT2D eigenvalue weighted by molar-refractivity contribution is 5.68. The summed E-state index contributed by atoms with van der Waals surface area (Å²) in [7, 11) is 0. The van der Waals surface area contributed by atoms with Crippen molar-refractivity contribution in [3.05, 3.63) is 0 Å². The molecule has 1 fully saturated rings. The SMILES string of the molecule is CCC(CC)[C@H](NC(=O)OC(C)(C)C)[C@H]1C[C@H](O)[C@H](O)[C@H]1O. The lowest BCUT2D eigenvalue weighted by Gasteiger charge is -2.34. The van der Waals surface area contributed by atoms with Crippen molar-refractivity contribution in [1.29, 1.82) is 0 Å². The van der Waals surface area contributed by atoms with E-state index in [9.17, 15) is 20.1 Å². The van der Waals surface area contributed by atoms with E-state index in [1.165, 1.54) is 0 Å². The van der Waals surface area contributed by atoms with Gasteiger partial charge < -0.3 is 25.4 Å². The summed E-state index contributed by atoms with van der Waals surface area (Å²) >= 11 is 0. The molecule has 6 nitrogen and oxygen atoms in total. The quantitative estimate of drug-likeness (QED) is 0.614. The highest BCUT2D eigenvalue weighted by atomic mass is 16.6. The standard InChI is InChI=1S/C16H31NO5/c1-6-9(7-2)12(17-15(21)22-16(3,4)5)10-8-11(18)14(20)13(10)19/h9-14,18-20H,6-8H2,1-5H3,(H,17,21)/t10-,11+,12+,13+,14+/m1/s1. The van der Waals surface area contributed by atoms with E-state index in [1.54, 1.807) is 20.8 Å². The lowest BCUT2D eigenvalue weighted by molar-refractivity contribution is -0.0317.